The molecule has 0 bridgehead atoms. The van der Waals surface area contributed by atoms with Crippen molar-refractivity contribution in [3.8, 4) is 0 Å². The molecular formula is C8H12O5. The summed E-state index contributed by atoms with van der Waals surface area (Å²) in [5.74, 6) is -1.51. The molecule has 1 saturated heterocycles. The van der Waals surface area contributed by atoms with Gasteiger partial charge in [0.05, 0.1) is 7.11 Å². The average molecular weight is 188 g/mol. The minimum absolute atomic E-state index is 0.538. The number of methoxy groups -OCH3 is 1. The highest BCUT2D eigenvalue weighted by molar-refractivity contribution is 5.80. The van der Waals surface area contributed by atoms with Crippen molar-refractivity contribution in [2.24, 2.45) is 0 Å². The van der Waals surface area contributed by atoms with Crippen molar-refractivity contribution in [2.75, 3.05) is 7.11 Å². The average Bonchev–Trinajstić information content (AvgIpc) is 2.39. The third kappa shape index (κ3) is 2.05. The van der Waals surface area contributed by atoms with E-state index in [1.807, 2.05) is 0 Å². The van der Waals surface area contributed by atoms with Gasteiger partial charge in [-0.1, -0.05) is 0 Å². The smallest absolute Gasteiger partial charge is 0.338 e. The van der Waals surface area contributed by atoms with Gasteiger partial charge in [-0.05, 0) is 13.8 Å². The molecule has 0 N–H and O–H groups in total. The molecule has 13 heavy (non-hydrogen) atoms. The van der Waals surface area contributed by atoms with Crippen LogP contribution in [0.15, 0.2) is 0 Å². The lowest BCUT2D eigenvalue weighted by Crippen LogP contribution is -2.33. The second kappa shape index (κ2) is 3.43. The Bertz CT molecular complexity index is 223. The molecule has 0 aromatic heterocycles. The fourth-order valence-electron chi connectivity index (χ4n) is 1.19. The van der Waals surface area contributed by atoms with Crippen molar-refractivity contribution in [3.63, 3.8) is 0 Å². The fraction of sp³-hybridized carbons (Fsp3) is 0.750. The third-order valence-corrected chi connectivity index (χ3v) is 1.70. The van der Waals surface area contributed by atoms with Crippen LogP contribution in [0, 0.1) is 0 Å². The van der Waals surface area contributed by atoms with Crippen LogP contribution in [0.5, 0.6) is 0 Å². The molecule has 5 heteroatoms. The zero-order chi connectivity index (χ0) is 10.1. The van der Waals surface area contributed by atoms with E-state index < -0.39 is 24.0 Å². The first kappa shape index (κ1) is 10.1. The van der Waals surface area contributed by atoms with Gasteiger partial charge in [-0.3, -0.25) is 0 Å². The minimum atomic E-state index is -0.947. The molecule has 1 fully saturated rings. The largest absolute Gasteiger partial charge is 0.467 e. The summed E-state index contributed by atoms with van der Waals surface area (Å²) < 4.78 is 14.8. The molecule has 0 aliphatic carbocycles. The summed E-state index contributed by atoms with van der Waals surface area (Å²) in [6.45, 7) is 3.26. The summed E-state index contributed by atoms with van der Waals surface area (Å²) in [5, 5.41) is 0. The van der Waals surface area contributed by atoms with Gasteiger partial charge in [0.15, 0.2) is 24.3 Å². The van der Waals surface area contributed by atoms with Crippen LogP contribution in [0.3, 0.4) is 0 Å². The standard InChI is InChI=1S/C8H12O5/c1-8(2)12-5(4-9)6(13-8)7(10)11-3/h4-6H,1-3H3/t5-,6+/m0/s1. The van der Waals surface area contributed by atoms with Crippen LogP contribution in [0.4, 0.5) is 0 Å². The number of hydrogen-bond acceptors (Lipinski definition) is 5. The Balaban J connectivity index is 2.74. The molecule has 1 heterocycles. The number of esters is 1. The van der Waals surface area contributed by atoms with Crippen LogP contribution < -0.4 is 0 Å². The second-order valence-electron chi connectivity index (χ2n) is 3.18. The van der Waals surface area contributed by atoms with E-state index in [0.717, 1.165) is 0 Å². The normalized spacial score (nSPS) is 31.3. The molecule has 1 rings (SSSR count). The van der Waals surface area contributed by atoms with E-state index in [9.17, 15) is 9.59 Å². The summed E-state index contributed by atoms with van der Waals surface area (Å²) in [6, 6.07) is 0. The summed E-state index contributed by atoms with van der Waals surface area (Å²) in [4.78, 5) is 21.6. The first-order valence-corrected chi connectivity index (χ1v) is 3.89. The predicted octanol–water partition coefficient (Wildman–Crippen LogP) is -0.122. The van der Waals surface area contributed by atoms with E-state index in [0.29, 0.717) is 6.29 Å². The summed E-state index contributed by atoms with van der Waals surface area (Å²) >= 11 is 0. The van der Waals surface area contributed by atoms with Crippen molar-refractivity contribution in [2.45, 2.75) is 31.8 Å². The molecule has 5 nitrogen and oxygen atoms in total. The Labute approximate surface area is 76.0 Å². The molecule has 74 valence electrons. The van der Waals surface area contributed by atoms with Crippen LogP contribution >= 0.6 is 0 Å². The van der Waals surface area contributed by atoms with Crippen molar-refractivity contribution >= 4 is 12.3 Å². The lowest BCUT2D eigenvalue weighted by molar-refractivity contribution is -0.168. The number of aldehydes is 1. The van der Waals surface area contributed by atoms with Gasteiger partial charge in [-0.15, -0.1) is 0 Å². The molecule has 0 saturated carbocycles. The molecule has 0 aromatic rings. The number of ether oxygens (including phenoxy) is 3. The minimum Gasteiger partial charge on any atom is -0.467 e. The number of rotatable bonds is 2. The van der Waals surface area contributed by atoms with Crippen LogP contribution in [0.25, 0.3) is 0 Å². The maximum Gasteiger partial charge on any atom is 0.338 e. The molecule has 0 aromatic carbocycles. The van der Waals surface area contributed by atoms with E-state index >= 15 is 0 Å². The Morgan fingerprint density at radius 2 is 2.08 bits per heavy atom. The number of hydrogen-bond donors (Lipinski definition) is 0. The fourth-order valence-corrected chi connectivity index (χ4v) is 1.19. The van der Waals surface area contributed by atoms with E-state index in [-0.39, 0.29) is 0 Å². The van der Waals surface area contributed by atoms with E-state index in [2.05, 4.69) is 4.74 Å². The highest BCUT2D eigenvalue weighted by Crippen LogP contribution is 2.27. The zero-order valence-electron chi connectivity index (χ0n) is 7.77. The SMILES string of the molecule is COC(=O)[C@@H]1OC(C)(C)O[C@H]1C=O. The van der Waals surface area contributed by atoms with Crippen LogP contribution in [0.2, 0.25) is 0 Å². The highest BCUT2D eigenvalue weighted by atomic mass is 16.8. The van der Waals surface area contributed by atoms with Crippen molar-refractivity contribution in [1.82, 2.24) is 0 Å². The third-order valence-electron chi connectivity index (χ3n) is 1.70. The first-order chi connectivity index (χ1) is 6.00. The molecule has 1 aliphatic heterocycles. The van der Waals surface area contributed by atoms with E-state index in [1.54, 1.807) is 13.8 Å². The monoisotopic (exact) mass is 188 g/mol. The Kier molecular flexibility index (Phi) is 2.68. The van der Waals surface area contributed by atoms with Crippen LogP contribution in [0.1, 0.15) is 13.8 Å². The molecule has 0 spiro atoms. The maximum absolute atomic E-state index is 11.1. The molecule has 0 radical (unpaired) electrons. The summed E-state index contributed by atoms with van der Waals surface area (Å²) in [5.41, 5.74) is 0. The highest BCUT2D eigenvalue weighted by Gasteiger charge is 2.45. The van der Waals surface area contributed by atoms with E-state index in [1.165, 1.54) is 7.11 Å². The lowest BCUT2D eigenvalue weighted by Gasteiger charge is -2.15. The van der Waals surface area contributed by atoms with Gasteiger partial charge in [-0.25, -0.2) is 4.79 Å². The van der Waals surface area contributed by atoms with Gasteiger partial charge in [0.25, 0.3) is 0 Å². The van der Waals surface area contributed by atoms with Gasteiger partial charge >= 0.3 is 5.97 Å². The predicted molar refractivity (Wildman–Crippen MR) is 41.9 cm³/mol. The van der Waals surface area contributed by atoms with Gasteiger partial charge in [0.1, 0.15) is 0 Å². The van der Waals surface area contributed by atoms with Gasteiger partial charge in [0.2, 0.25) is 0 Å². The molecule has 2 atom stereocenters. The van der Waals surface area contributed by atoms with Crippen molar-refractivity contribution in [1.29, 1.82) is 0 Å². The molecular weight excluding hydrogens is 176 g/mol. The van der Waals surface area contributed by atoms with Gasteiger partial charge < -0.3 is 19.0 Å². The van der Waals surface area contributed by atoms with Gasteiger partial charge in [0, 0.05) is 0 Å². The second-order valence-corrected chi connectivity index (χ2v) is 3.18. The Morgan fingerprint density at radius 3 is 2.54 bits per heavy atom. The maximum atomic E-state index is 11.1. The summed E-state index contributed by atoms with van der Waals surface area (Å²) in [7, 11) is 1.23. The Morgan fingerprint density at radius 1 is 1.46 bits per heavy atom. The zero-order valence-corrected chi connectivity index (χ0v) is 7.77. The molecule has 0 amide bonds. The number of carbonyl (C=O) groups is 2. The quantitative estimate of drug-likeness (QED) is 0.446. The lowest BCUT2D eigenvalue weighted by atomic mass is 10.2. The number of carbonyl (C=O) groups excluding carboxylic acids is 2. The van der Waals surface area contributed by atoms with E-state index in [4.69, 9.17) is 9.47 Å². The summed E-state index contributed by atoms with van der Waals surface area (Å²) in [6.07, 6.45) is -1.28. The first-order valence-electron chi connectivity index (χ1n) is 3.89. The van der Waals surface area contributed by atoms with Crippen LogP contribution in [-0.2, 0) is 23.8 Å². The van der Waals surface area contributed by atoms with Crippen LogP contribution in [-0.4, -0.2) is 37.4 Å². The molecule has 0 unspecified atom stereocenters. The van der Waals surface area contributed by atoms with Crippen molar-refractivity contribution < 1.29 is 23.8 Å². The van der Waals surface area contributed by atoms with Crippen molar-refractivity contribution in [3.05, 3.63) is 0 Å². The Hall–Kier alpha value is -0.940. The topological polar surface area (TPSA) is 61.8 Å². The molecule has 1 aliphatic rings. The van der Waals surface area contributed by atoms with Gasteiger partial charge in [-0.2, -0.15) is 0 Å².